The molecule has 0 aliphatic rings. The Morgan fingerprint density at radius 3 is 2.68 bits per heavy atom. The molecule has 2 aromatic carbocycles. The summed E-state index contributed by atoms with van der Waals surface area (Å²) in [5.74, 6) is -0.279. The first-order chi connectivity index (χ1) is 12.0. The summed E-state index contributed by atoms with van der Waals surface area (Å²) in [5.41, 5.74) is 5.32. The van der Waals surface area contributed by atoms with Crippen LogP contribution in [-0.2, 0) is 11.8 Å². The van der Waals surface area contributed by atoms with Gasteiger partial charge in [0.2, 0.25) is 0 Å². The molecule has 0 aliphatic carbocycles. The fourth-order valence-electron chi connectivity index (χ4n) is 3.89. The van der Waals surface area contributed by atoms with Crippen LogP contribution in [0.25, 0.3) is 32.6 Å². The molecule has 0 N–H and O–H groups in total. The smallest absolute Gasteiger partial charge is 0.338 e. The predicted molar refractivity (Wildman–Crippen MR) is 101 cm³/mol. The maximum atomic E-state index is 12.2. The van der Waals surface area contributed by atoms with Crippen LogP contribution in [0.15, 0.2) is 36.7 Å². The third-order valence-electron chi connectivity index (χ3n) is 5.07. The Balaban J connectivity index is 2.17. The number of ether oxygens (including phenoxy) is 1. The highest BCUT2D eigenvalue weighted by Gasteiger charge is 2.18. The van der Waals surface area contributed by atoms with Crippen molar-refractivity contribution >= 4 is 38.5 Å². The van der Waals surface area contributed by atoms with Gasteiger partial charge >= 0.3 is 5.97 Å². The van der Waals surface area contributed by atoms with Crippen LogP contribution >= 0.6 is 0 Å². The number of benzene rings is 2. The molecular formula is C21H20N2O2. The van der Waals surface area contributed by atoms with E-state index in [1.54, 1.807) is 0 Å². The second-order valence-electron chi connectivity index (χ2n) is 6.41. The quantitative estimate of drug-likeness (QED) is 0.501. The van der Waals surface area contributed by atoms with Gasteiger partial charge in [-0.15, -0.1) is 0 Å². The summed E-state index contributed by atoms with van der Waals surface area (Å²) >= 11 is 0. The monoisotopic (exact) mass is 332 g/mol. The number of aromatic nitrogens is 2. The molecule has 0 atom stereocenters. The van der Waals surface area contributed by atoms with Crippen LogP contribution in [0.1, 0.15) is 28.4 Å². The van der Waals surface area contributed by atoms with Gasteiger partial charge in [-0.2, -0.15) is 0 Å². The van der Waals surface area contributed by atoms with E-state index in [9.17, 15) is 4.79 Å². The summed E-state index contributed by atoms with van der Waals surface area (Å²) in [6, 6.07) is 7.86. The Bertz CT molecular complexity index is 1160. The molecule has 0 fully saturated rings. The molecule has 0 radical (unpaired) electrons. The van der Waals surface area contributed by atoms with Crippen LogP contribution in [0, 0.1) is 13.8 Å². The largest absolute Gasteiger partial charge is 0.462 e. The lowest BCUT2D eigenvalue weighted by molar-refractivity contribution is 0.0526. The van der Waals surface area contributed by atoms with Gasteiger partial charge < -0.3 is 9.30 Å². The van der Waals surface area contributed by atoms with Gasteiger partial charge in [0.25, 0.3) is 0 Å². The predicted octanol–water partition coefficient (Wildman–Crippen LogP) is 4.67. The lowest BCUT2D eigenvalue weighted by Crippen LogP contribution is -2.04. The normalized spacial score (nSPS) is 11.5. The van der Waals surface area contributed by atoms with E-state index in [0.29, 0.717) is 12.2 Å². The zero-order chi connectivity index (χ0) is 17.7. The van der Waals surface area contributed by atoms with E-state index in [1.807, 2.05) is 37.5 Å². The van der Waals surface area contributed by atoms with Crippen molar-refractivity contribution in [2.75, 3.05) is 6.61 Å². The maximum absolute atomic E-state index is 12.2. The molecule has 4 nitrogen and oxygen atoms in total. The Kier molecular flexibility index (Phi) is 3.49. The van der Waals surface area contributed by atoms with Crippen molar-refractivity contribution in [2.45, 2.75) is 20.8 Å². The lowest BCUT2D eigenvalue weighted by atomic mass is 9.96. The molecule has 0 saturated carbocycles. The highest BCUT2D eigenvalue weighted by atomic mass is 16.5. The van der Waals surface area contributed by atoms with Gasteiger partial charge in [-0.25, -0.2) is 4.79 Å². The Morgan fingerprint density at radius 2 is 1.92 bits per heavy atom. The number of hydrogen-bond acceptors (Lipinski definition) is 3. The average Bonchev–Trinajstić information content (AvgIpc) is 2.92. The first kappa shape index (κ1) is 15.6. The number of nitrogens with zero attached hydrogens (tertiary/aromatic N) is 2. The number of pyridine rings is 1. The number of fused-ring (bicyclic) bond motifs is 4. The molecule has 4 heteroatoms. The van der Waals surface area contributed by atoms with E-state index in [-0.39, 0.29) is 5.97 Å². The third-order valence-corrected chi connectivity index (χ3v) is 5.07. The summed E-state index contributed by atoms with van der Waals surface area (Å²) in [6.45, 7) is 6.47. The minimum atomic E-state index is -0.279. The van der Waals surface area contributed by atoms with Gasteiger partial charge in [0, 0.05) is 41.1 Å². The molecule has 2 aromatic heterocycles. The molecule has 4 rings (SSSR count). The molecule has 0 bridgehead atoms. The van der Waals surface area contributed by atoms with Crippen molar-refractivity contribution in [3.05, 3.63) is 53.3 Å². The van der Waals surface area contributed by atoms with Gasteiger partial charge in [-0.05, 0) is 61.5 Å². The number of hydrogen-bond donors (Lipinski definition) is 0. The van der Waals surface area contributed by atoms with Crippen molar-refractivity contribution in [3.63, 3.8) is 0 Å². The van der Waals surface area contributed by atoms with E-state index >= 15 is 0 Å². The van der Waals surface area contributed by atoms with E-state index in [4.69, 9.17) is 4.74 Å². The Morgan fingerprint density at radius 1 is 1.12 bits per heavy atom. The highest BCUT2D eigenvalue weighted by Crippen LogP contribution is 2.38. The SMILES string of the molecule is CCOC(=O)c1ccc2c(c1)c1c(C)c3cnccc3c(C)c1n2C. The van der Waals surface area contributed by atoms with Crippen LogP contribution in [0.5, 0.6) is 0 Å². The van der Waals surface area contributed by atoms with Crippen molar-refractivity contribution in [1.29, 1.82) is 0 Å². The van der Waals surface area contributed by atoms with Gasteiger partial charge in [0.05, 0.1) is 17.7 Å². The van der Waals surface area contributed by atoms with Crippen LogP contribution in [0.3, 0.4) is 0 Å². The molecule has 4 aromatic rings. The molecule has 0 unspecified atom stereocenters. The number of rotatable bonds is 2. The van der Waals surface area contributed by atoms with Crippen molar-refractivity contribution < 1.29 is 9.53 Å². The van der Waals surface area contributed by atoms with Crippen LogP contribution in [0.4, 0.5) is 0 Å². The summed E-state index contributed by atoms with van der Waals surface area (Å²) < 4.78 is 7.37. The Hall–Kier alpha value is -2.88. The summed E-state index contributed by atoms with van der Waals surface area (Å²) in [5, 5.41) is 4.63. The number of carbonyl (C=O) groups is 1. The Labute approximate surface area is 146 Å². The first-order valence-corrected chi connectivity index (χ1v) is 8.46. The van der Waals surface area contributed by atoms with Crippen LogP contribution < -0.4 is 0 Å². The van der Waals surface area contributed by atoms with Gasteiger partial charge in [0.1, 0.15) is 0 Å². The maximum Gasteiger partial charge on any atom is 0.338 e. The minimum Gasteiger partial charge on any atom is -0.462 e. The van der Waals surface area contributed by atoms with Gasteiger partial charge in [0.15, 0.2) is 0 Å². The average molecular weight is 332 g/mol. The molecule has 25 heavy (non-hydrogen) atoms. The highest BCUT2D eigenvalue weighted by molar-refractivity contribution is 6.17. The minimum absolute atomic E-state index is 0.279. The van der Waals surface area contributed by atoms with Crippen LogP contribution in [0.2, 0.25) is 0 Å². The van der Waals surface area contributed by atoms with Crippen molar-refractivity contribution in [3.8, 4) is 0 Å². The topological polar surface area (TPSA) is 44.1 Å². The summed E-state index contributed by atoms with van der Waals surface area (Å²) in [7, 11) is 2.08. The fourth-order valence-corrected chi connectivity index (χ4v) is 3.89. The molecule has 0 amide bonds. The van der Waals surface area contributed by atoms with E-state index in [2.05, 4.69) is 36.5 Å². The van der Waals surface area contributed by atoms with Crippen molar-refractivity contribution in [2.24, 2.45) is 7.05 Å². The zero-order valence-electron chi connectivity index (χ0n) is 14.9. The fraction of sp³-hybridized carbons (Fsp3) is 0.238. The molecule has 0 saturated heterocycles. The number of carbonyl (C=O) groups excluding carboxylic acids is 1. The number of aryl methyl sites for hydroxylation is 3. The zero-order valence-corrected chi connectivity index (χ0v) is 14.9. The second kappa shape index (κ2) is 5.59. The standard InChI is InChI=1S/C21H20N2O2/c1-5-25-21(24)14-6-7-18-16(10-14)19-12(2)17-11-22-9-8-15(17)13(3)20(19)23(18)4/h6-11H,5H2,1-4H3. The van der Waals surface area contributed by atoms with Crippen LogP contribution in [-0.4, -0.2) is 22.1 Å². The molecule has 126 valence electrons. The second-order valence-corrected chi connectivity index (χ2v) is 6.41. The molecule has 2 heterocycles. The summed E-state index contributed by atoms with van der Waals surface area (Å²) in [6.07, 6.45) is 3.76. The van der Waals surface area contributed by atoms with E-state index in [0.717, 1.165) is 16.3 Å². The first-order valence-electron chi connectivity index (χ1n) is 8.46. The van der Waals surface area contributed by atoms with Gasteiger partial charge in [-0.3, -0.25) is 4.98 Å². The van der Waals surface area contributed by atoms with E-state index in [1.165, 1.54) is 27.4 Å². The molecular weight excluding hydrogens is 312 g/mol. The number of esters is 1. The molecule has 0 aliphatic heterocycles. The van der Waals surface area contributed by atoms with E-state index < -0.39 is 0 Å². The third kappa shape index (κ3) is 2.14. The molecule has 0 spiro atoms. The van der Waals surface area contributed by atoms with Gasteiger partial charge in [-0.1, -0.05) is 0 Å². The van der Waals surface area contributed by atoms with Crippen molar-refractivity contribution in [1.82, 2.24) is 9.55 Å². The summed E-state index contributed by atoms with van der Waals surface area (Å²) in [4.78, 5) is 16.5. The lowest BCUT2D eigenvalue weighted by Gasteiger charge is -2.10.